The molecule has 0 bridgehead atoms. The van der Waals surface area contributed by atoms with Crippen molar-refractivity contribution in [3.05, 3.63) is 144 Å². The molecule has 0 atom stereocenters. The van der Waals surface area contributed by atoms with Gasteiger partial charge in [0.25, 0.3) is 5.91 Å². The van der Waals surface area contributed by atoms with Crippen molar-refractivity contribution in [2.45, 2.75) is 17.8 Å². The molecule has 0 radical (unpaired) electrons. The molecule has 0 fully saturated rings. The van der Waals surface area contributed by atoms with Gasteiger partial charge in [-0.05, 0) is 22.3 Å². The molecule has 4 aromatic carbocycles. The molecule has 5 rings (SSSR count). The number of nitrogens with zero attached hydrogens (tertiary/aromatic N) is 2. The number of amides is 1. The number of amidine groups is 1. The van der Waals surface area contributed by atoms with Crippen molar-refractivity contribution >= 4 is 22.8 Å². The molecule has 4 aromatic rings. The van der Waals surface area contributed by atoms with Crippen LogP contribution in [0, 0.1) is 0 Å². The van der Waals surface area contributed by atoms with E-state index in [4.69, 9.17) is 4.99 Å². The Morgan fingerprint density at radius 3 is 1.61 bits per heavy atom. The van der Waals surface area contributed by atoms with Gasteiger partial charge in [-0.2, -0.15) is 0 Å². The van der Waals surface area contributed by atoms with Crippen LogP contribution in [-0.4, -0.2) is 16.0 Å². The minimum absolute atomic E-state index is 0.0145. The smallest absolute Gasteiger partial charge is 0.266 e. The average Bonchev–Trinajstić information content (AvgIpc) is 3.17. The highest BCUT2D eigenvalue weighted by molar-refractivity contribution is 8.13. The monoisotopic (exact) mass is 448 g/mol. The molecule has 0 N–H and O–H groups in total. The van der Waals surface area contributed by atoms with Crippen molar-refractivity contribution in [1.82, 2.24) is 4.90 Å². The normalized spacial score (nSPS) is 14.8. The number of carbonyl (C=O) groups is 1. The van der Waals surface area contributed by atoms with Crippen LogP contribution in [0.1, 0.15) is 22.3 Å². The molecule has 0 spiro atoms. The van der Waals surface area contributed by atoms with Gasteiger partial charge in [0, 0.05) is 5.75 Å². The molecule has 0 saturated heterocycles. The summed E-state index contributed by atoms with van der Waals surface area (Å²) >= 11 is 1.61. The molecule has 1 heterocycles. The van der Waals surface area contributed by atoms with Crippen LogP contribution in [0.5, 0.6) is 0 Å². The lowest BCUT2D eigenvalue weighted by molar-refractivity contribution is -0.130. The van der Waals surface area contributed by atoms with E-state index < -0.39 is 5.54 Å². The third-order valence-electron chi connectivity index (χ3n) is 5.83. The molecule has 162 valence electrons. The van der Waals surface area contributed by atoms with E-state index in [-0.39, 0.29) is 5.91 Å². The highest BCUT2D eigenvalue weighted by Crippen LogP contribution is 2.42. The Hall–Kier alpha value is -3.63. The van der Waals surface area contributed by atoms with E-state index in [1.165, 1.54) is 5.56 Å². The zero-order valence-corrected chi connectivity index (χ0v) is 19.0. The van der Waals surface area contributed by atoms with Crippen molar-refractivity contribution in [3.8, 4) is 0 Å². The molecular weight excluding hydrogens is 424 g/mol. The predicted octanol–water partition coefficient (Wildman–Crippen LogP) is 6.26. The summed E-state index contributed by atoms with van der Waals surface area (Å²) in [4.78, 5) is 21.3. The number of aliphatic imine (C=N–C) groups is 1. The first-order valence-electron chi connectivity index (χ1n) is 11.0. The van der Waals surface area contributed by atoms with Crippen LogP contribution in [0.4, 0.5) is 0 Å². The van der Waals surface area contributed by atoms with E-state index in [0.717, 1.165) is 27.6 Å². The second kappa shape index (κ2) is 9.47. The van der Waals surface area contributed by atoms with Gasteiger partial charge in [0.05, 0.1) is 6.54 Å². The SMILES string of the molecule is O=C1N(Cc2ccccc2)C(SCc2ccccc2)=NC1(c1ccccc1)c1ccccc1. The van der Waals surface area contributed by atoms with Gasteiger partial charge >= 0.3 is 0 Å². The lowest BCUT2D eigenvalue weighted by atomic mass is 9.83. The summed E-state index contributed by atoms with van der Waals surface area (Å²) in [5, 5.41) is 0.750. The summed E-state index contributed by atoms with van der Waals surface area (Å²) < 4.78 is 0. The fourth-order valence-corrected chi connectivity index (χ4v) is 5.17. The Balaban J connectivity index is 1.60. The second-order valence-electron chi connectivity index (χ2n) is 7.99. The van der Waals surface area contributed by atoms with Gasteiger partial charge in [0.2, 0.25) is 0 Å². The van der Waals surface area contributed by atoms with E-state index in [0.29, 0.717) is 6.54 Å². The molecule has 0 aromatic heterocycles. The van der Waals surface area contributed by atoms with Crippen LogP contribution in [0.3, 0.4) is 0 Å². The highest BCUT2D eigenvalue weighted by atomic mass is 32.2. The van der Waals surface area contributed by atoms with Crippen LogP contribution in [0.2, 0.25) is 0 Å². The topological polar surface area (TPSA) is 32.7 Å². The van der Waals surface area contributed by atoms with Gasteiger partial charge in [0.1, 0.15) is 0 Å². The van der Waals surface area contributed by atoms with Crippen LogP contribution in [0.15, 0.2) is 126 Å². The molecule has 1 aliphatic rings. The molecule has 4 heteroatoms. The van der Waals surface area contributed by atoms with E-state index in [1.54, 1.807) is 11.8 Å². The Morgan fingerprint density at radius 1 is 0.636 bits per heavy atom. The average molecular weight is 449 g/mol. The maximum atomic E-state index is 14.3. The van der Waals surface area contributed by atoms with Crippen molar-refractivity contribution < 1.29 is 4.79 Å². The quantitative estimate of drug-likeness (QED) is 0.349. The van der Waals surface area contributed by atoms with Crippen LogP contribution in [0.25, 0.3) is 0 Å². The predicted molar refractivity (Wildman–Crippen MR) is 136 cm³/mol. The number of rotatable bonds is 6. The Bertz CT molecular complexity index is 1200. The second-order valence-corrected chi connectivity index (χ2v) is 8.93. The molecule has 33 heavy (non-hydrogen) atoms. The minimum atomic E-state index is -1.09. The summed E-state index contributed by atoms with van der Waals surface area (Å²) in [5.74, 6) is 0.733. The number of carbonyl (C=O) groups excluding carboxylic acids is 1. The molecular formula is C29H24N2OS. The maximum absolute atomic E-state index is 14.3. The largest absolute Gasteiger partial charge is 0.284 e. The van der Waals surface area contributed by atoms with Crippen molar-refractivity contribution in [2.24, 2.45) is 4.99 Å². The van der Waals surface area contributed by atoms with E-state index in [2.05, 4.69) is 24.3 Å². The van der Waals surface area contributed by atoms with Gasteiger partial charge in [-0.15, -0.1) is 0 Å². The first kappa shape index (κ1) is 21.2. The van der Waals surface area contributed by atoms with Gasteiger partial charge < -0.3 is 0 Å². The van der Waals surface area contributed by atoms with Crippen LogP contribution < -0.4 is 0 Å². The summed E-state index contributed by atoms with van der Waals surface area (Å²) in [5.41, 5.74) is 2.96. The van der Waals surface area contributed by atoms with E-state index in [1.807, 2.05) is 102 Å². The summed E-state index contributed by atoms with van der Waals surface area (Å²) in [6.45, 7) is 0.488. The minimum Gasteiger partial charge on any atom is -0.284 e. The molecule has 1 amide bonds. The third kappa shape index (κ3) is 4.22. The molecule has 0 saturated carbocycles. The zero-order valence-electron chi connectivity index (χ0n) is 18.2. The highest BCUT2D eigenvalue weighted by Gasteiger charge is 2.51. The fraction of sp³-hybridized carbons (Fsp3) is 0.103. The summed E-state index contributed by atoms with van der Waals surface area (Å²) in [6.07, 6.45) is 0. The number of hydrogen-bond donors (Lipinski definition) is 0. The Labute approximate surface area is 198 Å². The maximum Gasteiger partial charge on any atom is 0.266 e. The number of thioether (sulfide) groups is 1. The summed E-state index contributed by atoms with van der Waals surface area (Å²) in [6, 6.07) is 40.2. The summed E-state index contributed by atoms with van der Waals surface area (Å²) in [7, 11) is 0. The Kier molecular flexibility index (Phi) is 6.09. The first-order valence-corrected chi connectivity index (χ1v) is 12.0. The standard InChI is InChI=1S/C29H24N2OS/c32-27-29(25-17-9-3-10-18-25,26-19-11-4-12-20-26)30-28(33-22-24-15-7-2-8-16-24)31(27)21-23-13-5-1-6-14-23/h1-20H,21-22H2. The lowest BCUT2D eigenvalue weighted by Crippen LogP contribution is -2.41. The Morgan fingerprint density at radius 2 is 1.09 bits per heavy atom. The number of benzene rings is 4. The molecule has 0 aliphatic carbocycles. The van der Waals surface area contributed by atoms with Gasteiger partial charge in [-0.3, -0.25) is 9.69 Å². The number of hydrogen-bond acceptors (Lipinski definition) is 3. The zero-order chi connectivity index (χ0) is 22.5. The van der Waals surface area contributed by atoms with E-state index in [9.17, 15) is 4.79 Å². The van der Waals surface area contributed by atoms with Gasteiger partial charge in [-0.25, -0.2) is 4.99 Å². The van der Waals surface area contributed by atoms with Crippen molar-refractivity contribution in [2.75, 3.05) is 0 Å². The van der Waals surface area contributed by atoms with Crippen molar-refractivity contribution in [3.63, 3.8) is 0 Å². The fourth-order valence-electron chi connectivity index (χ4n) is 4.17. The first-order chi connectivity index (χ1) is 16.3. The molecule has 1 aliphatic heterocycles. The molecule has 0 unspecified atom stereocenters. The van der Waals surface area contributed by atoms with Gasteiger partial charge in [0.15, 0.2) is 10.7 Å². The van der Waals surface area contributed by atoms with Crippen LogP contribution in [-0.2, 0) is 22.6 Å². The molecule has 3 nitrogen and oxygen atoms in total. The van der Waals surface area contributed by atoms with Crippen LogP contribution >= 0.6 is 11.8 Å². The lowest BCUT2D eigenvalue weighted by Gasteiger charge is -2.27. The third-order valence-corrected chi connectivity index (χ3v) is 6.87. The van der Waals surface area contributed by atoms with Crippen molar-refractivity contribution in [1.29, 1.82) is 0 Å². The van der Waals surface area contributed by atoms with Gasteiger partial charge in [-0.1, -0.05) is 133 Å². The van der Waals surface area contributed by atoms with E-state index >= 15 is 0 Å².